The van der Waals surface area contributed by atoms with E-state index in [1.54, 1.807) is 0 Å². The van der Waals surface area contributed by atoms with Gasteiger partial charge in [-0.25, -0.2) is 0 Å². The van der Waals surface area contributed by atoms with Gasteiger partial charge in [0.1, 0.15) is 0 Å². The smallest absolute Gasteiger partial charge is 0.388 e. The second kappa shape index (κ2) is 5.98. The van der Waals surface area contributed by atoms with E-state index in [1.165, 1.54) is 48.9 Å². The molecule has 0 unspecified atom stereocenters. The Bertz CT molecular complexity index is 288. The van der Waals surface area contributed by atoms with Gasteiger partial charge in [-0.1, -0.05) is 12.2 Å². The van der Waals surface area contributed by atoms with E-state index in [-0.39, 0.29) is 0 Å². The number of rotatable bonds is 6. The lowest BCUT2D eigenvalue weighted by molar-refractivity contribution is 0.198. The zero-order valence-corrected chi connectivity index (χ0v) is 12.1. The van der Waals surface area contributed by atoms with E-state index < -0.39 is 8.56 Å². The van der Waals surface area contributed by atoms with Gasteiger partial charge in [-0.05, 0) is 62.8 Å². The molecule has 17 heavy (non-hydrogen) atoms. The highest BCUT2D eigenvalue weighted by atomic mass is 28.4. The Kier molecular flexibility index (Phi) is 4.60. The zero-order valence-electron chi connectivity index (χ0n) is 11.1. The summed E-state index contributed by atoms with van der Waals surface area (Å²) in [5.74, 6) is 0. The second-order valence-corrected chi connectivity index (χ2v) is 7.82. The predicted octanol–water partition coefficient (Wildman–Crippen LogP) is 3.80. The molecular weight excluding hydrogens is 228 g/mol. The third kappa shape index (κ3) is 2.56. The molecule has 0 aromatic carbocycles. The van der Waals surface area contributed by atoms with Crippen molar-refractivity contribution >= 4 is 8.56 Å². The highest BCUT2D eigenvalue weighted by Gasteiger charge is 2.46. The van der Waals surface area contributed by atoms with Crippen LogP contribution in [-0.4, -0.2) is 21.8 Å². The van der Waals surface area contributed by atoms with Gasteiger partial charge in [0.05, 0.1) is 0 Å². The minimum atomic E-state index is -2.21. The van der Waals surface area contributed by atoms with E-state index in [0.29, 0.717) is 0 Å². The molecule has 0 amide bonds. The summed E-state index contributed by atoms with van der Waals surface area (Å²) in [6.45, 7) is 5.71. The van der Waals surface area contributed by atoms with Crippen LogP contribution >= 0.6 is 0 Å². The van der Waals surface area contributed by atoms with Crippen LogP contribution in [0.4, 0.5) is 0 Å². The second-order valence-electron chi connectivity index (χ2n) is 4.73. The van der Waals surface area contributed by atoms with E-state index in [1.807, 2.05) is 0 Å². The molecule has 3 heteroatoms. The lowest BCUT2D eigenvalue weighted by Gasteiger charge is -2.32. The first kappa shape index (κ1) is 13.1. The molecule has 0 aromatic heterocycles. The molecule has 96 valence electrons. The van der Waals surface area contributed by atoms with Crippen molar-refractivity contribution < 1.29 is 8.85 Å². The molecule has 0 fully saturated rings. The van der Waals surface area contributed by atoms with Crippen molar-refractivity contribution in [2.75, 3.05) is 13.2 Å². The molecule has 2 aliphatic carbocycles. The third-order valence-electron chi connectivity index (χ3n) is 3.62. The van der Waals surface area contributed by atoms with Crippen molar-refractivity contribution in [2.24, 2.45) is 0 Å². The molecule has 0 N–H and O–H groups in total. The molecule has 0 saturated carbocycles. The van der Waals surface area contributed by atoms with E-state index in [2.05, 4.69) is 26.0 Å². The monoisotopic (exact) mass is 252 g/mol. The fourth-order valence-corrected chi connectivity index (χ4v) is 6.85. The first-order valence-corrected chi connectivity index (χ1v) is 8.82. The lowest BCUT2D eigenvalue weighted by atomic mass is 10.4. The van der Waals surface area contributed by atoms with Crippen molar-refractivity contribution in [1.82, 2.24) is 0 Å². The standard InChI is InChI=1S/C14H24O2Si/c1-3-15-17(16-4-2,13-9-5-6-10-13)14-11-7-8-12-14/h9,11H,3-8,10,12H2,1-2H3. The Morgan fingerprint density at radius 2 is 1.41 bits per heavy atom. The number of hydrogen-bond donors (Lipinski definition) is 0. The minimum Gasteiger partial charge on any atom is -0.388 e. The summed E-state index contributed by atoms with van der Waals surface area (Å²) in [6.07, 6.45) is 12.1. The summed E-state index contributed by atoms with van der Waals surface area (Å²) in [6, 6.07) is 0. The number of hydrogen-bond acceptors (Lipinski definition) is 2. The fraction of sp³-hybridized carbons (Fsp3) is 0.714. The van der Waals surface area contributed by atoms with Crippen molar-refractivity contribution in [3.05, 3.63) is 22.5 Å². The van der Waals surface area contributed by atoms with Crippen LogP contribution in [0.5, 0.6) is 0 Å². The third-order valence-corrected chi connectivity index (χ3v) is 7.61. The van der Waals surface area contributed by atoms with Gasteiger partial charge in [-0.2, -0.15) is 0 Å². The van der Waals surface area contributed by atoms with Gasteiger partial charge in [0.25, 0.3) is 0 Å². The van der Waals surface area contributed by atoms with Crippen molar-refractivity contribution in [3.63, 3.8) is 0 Å². The summed E-state index contributed by atoms with van der Waals surface area (Å²) in [5.41, 5.74) is 0. The maximum atomic E-state index is 6.22. The topological polar surface area (TPSA) is 18.5 Å². The maximum Gasteiger partial charge on any atom is 0.398 e. The minimum absolute atomic E-state index is 0.765. The van der Waals surface area contributed by atoms with Gasteiger partial charge < -0.3 is 8.85 Å². The van der Waals surface area contributed by atoms with Crippen LogP contribution in [0.25, 0.3) is 0 Å². The maximum absolute atomic E-state index is 6.22. The van der Waals surface area contributed by atoms with Crippen LogP contribution in [0.2, 0.25) is 0 Å². The molecule has 0 spiro atoms. The highest BCUT2D eigenvalue weighted by Crippen LogP contribution is 2.38. The van der Waals surface area contributed by atoms with Crippen LogP contribution in [0.15, 0.2) is 22.5 Å². The van der Waals surface area contributed by atoms with Crippen molar-refractivity contribution in [2.45, 2.75) is 52.4 Å². The van der Waals surface area contributed by atoms with Gasteiger partial charge >= 0.3 is 8.56 Å². The van der Waals surface area contributed by atoms with E-state index in [0.717, 1.165) is 13.2 Å². The highest BCUT2D eigenvalue weighted by molar-refractivity contribution is 6.82. The summed E-state index contributed by atoms with van der Waals surface area (Å²) in [4.78, 5) is 0. The van der Waals surface area contributed by atoms with E-state index in [9.17, 15) is 0 Å². The molecule has 0 aliphatic heterocycles. The molecule has 0 aromatic rings. The summed E-state index contributed by atoms with van der Waals surface area (Å²) in [7, 11) is -2.21. The van der Waals surface area contributed by atoms with Gasteiger partial charge in [0.15, 0.2) is 0 Å². The van der Waals surface area contributed by atoms with Crippen LogP contribution in [-0.2, 0) is 8.85 Å². The van der Waals surface area contributed by atoms with E-state index >= 15 is 0 Å². The first-order valence-electron chi connectivity index (χ1n) is 7.00. The van der Waals surface area contributed by atoms with E-state index in [4.69, 9.17) is 8.85 Å². The van der Waals surface area contributed by atoms with Crippen LogP contribution in [0.1, 0.15) is 52.4 Å². The first-order chi connectivity index (χ1) is 8.33. The van der Waals surface area contributed by atoms with Crippen molar-refractivity contribution in [3.8, 4) is 0 Å². The molecule has 2 rings (SSSR count). The Morgan fingerprint density at radius 3 is 1.71 bits per heavy atom. The quantitative estimate of drug-likeness (QED) is 0.669. The van der Waals surface area contributed by atoms with Gasteiger partial charge in [0, 0.05) is 13.2 Å². The Morgan fingerprint density at radius 1 is 0.941 bits per heavy atom. The van der Waals surface area contributed by atoms with Crippen LogP contribution < -0.4 is 0 Å². The summed E-state index contributed by atoms with van der Waals surface area (Å²) < 4.78 is 12.4. The predicted molar refractivity (Wildman–Crippen MR) is 72.9 cm³/mol. The average Bonchev–Trinajstić information content (AvgIpc) is 3.02. The van der Waals surface area contributed by atoms with Crippen LogP contribution in [0.3, 0.4) is 0 Å². The van der Waals surface area contributed by atoms with Gasteiger partial charge in [-0.15, -0.1) is 0 Å². The molecular formula is C14H24O2Si. The lowest BCUT2D eigenvalue weighted by Crippen LogP contribution is -2.46. The molecule has 0 atom stereocenters. The van der Waals surface area contributed by atoms with Crippen LogP contribution in [0, 0.1) is 0 Å². The summed E-state index contributed by atoms with van der Waals surface area (Å²) >= 11 is 0. The Balaban J connectivity index is 2.29. The largest absolute Gasteiger partial charge is 0.398 e. The molecule has 2 nitrogen and oxygen atoms in total. The molecule has 0 radical (unpaired) electrons. The van der Waals surface area contributed by atoms with Crippen molar-refractivity contribution in [1.29, 1.82) is 0 Å². The Hall–Kier alpha value is -0.383. The van der Waals surface area contributed by atoms with Gasteiger partial charge in [-0.3, -0.25) is 0 Å². The normalized spacial score (nSPS) is 20.6. The SMILES string of the molecule is CCO[Si](OCC)(C1=CCCC1)C1=CCCC1. The average molecular weight is 252 g/mol. The van der Waals surface area contributed by atoms with Gasteiger partial charge in [0.2, 0.25) is 0 Å². The molecule has 0 saturated heterocycles. The molecule has 0 bridgehead atoms. The Labute approximate surface area is 106 Å². The molecule has 2 aliphatic rings. The molecule has 0 heterocycles. The fourth-order valence-electron chi connectivity index (χ4n) is 2.96. The number of allylic oxidation sites excluding steroid dienone is 4. The zero-order chi connectivity index (χ0) is 12.1. The summed E-state index contributed by atoms with van der Waals surface area (Å²) in [5, 5.41) is 2.99.